The summed E-state index contributed by atoms with van der Waals surface area (Å²) in [5.74, 6) is -0.547. The Morgan fingerprint density at radius 3 is 2.58 bits per heavy atom. The van der Waals surface area contributed by atoms with Gasteiger partial charge in [0.2, 0.25) is 5.91 Å². The molecule has 128 valence electrons. The first-order chi connectivity index (χ1) is 11.5. The van der Waals surface area contributed by atoms with Gasteiger partial charge in [0, 0.05) is 6.54 Å². The van der Waals surface area contributed by atoms with Gasteiger partial charge in [-0.3, -0.25) is 4.79 Å². The number of halogens is 2. The smallest absolute Gasteiger partial charge is 0.222 e. The fourth-order valence-electron chi connectivity index (χ4n) is 2.10. The molecule has 2 N–H and O–H groups in total. The van der Waals surface area contributed by atoms with Gasteiger partial charge in [0.25, 0.3) is 0 Å². The normalized spacial score (nSPS) is 11.8. The maximum atomic E-state index is 13.1. The molecule has 0 aliphatic carbocycles. The molecule has 6 heteroatoms. The maximum Gasteiger partial charge on any atom is 0.222 e. The Bertz CT molecular complexity index is 662. The van der Waals surface area contributed by atoms with E-state index >= 15 is 0 Å². The minimum Gasteiger partial charge on any atom is -0.494 e. The van der Waals surface area contributed by atoms with E-state index in [9.17, 15) is 18.7 Å². The molecule has 0 fully saturated rings. The quantitative estimate of drug-likeness (QED) is 0.729. The average molecular weight is 335 g/mol. The Morgan fingerprint density at radius 1 is 1.12 bits per heavy atom. The topological polar surface area (TPSA) is 58.6 Å². The van der Waals surface area contributed by atoms with E-state index in [1.54, 1.807) is 6.07 Å². The van der Waals surface area contributed by atoms with E-state index in [1.165, 1.54) is 42.5 Å². The summed E-state index contributed by atoms with van der Waals surface area (Å²) in [6.45, 7) is 0.758. The van der Waals surface area contributed by atoms with Crippen molar-refractivity contribution >= 4 is 5.91 Å². The van der Waals surface area contributed by atoms with Crippen LogP contribution in [0, 0.1) is 11.6 Å². The first kappa shape index (κ1) is 17.9. The van der Waals surface area contributed by atoms with Crippen LogP contribution in [0.25, 0.3) is 0 Å². The highest BCUT2D eigenvalue weighted by Gasteiger charge is 2.13. The van der Waals surface area contributed by atoms with Crippen LogP contribution in [-0.2, 0) is 4.79 Å². The highest BCUT2D eigenvalue weighted by atomic mass is 19.1. The van der Waals surface area contributed by atoms with E-state index in [0.29, 0.717) is 30.9 Å². The van der Waals surface area contributed by atoms with Gasteiger partial charge in [-0.1, -0.05) is 12.1 Å². The third-order valence-corrected chi connectivity index (χ3v) is 3.34. The van der Waals surface area contributed by atoms with Gasteiger partial charge in [-0.2, -0.15) is 0 Å². The summed E-state index contributed by atoms with van der Waals surface area (Å²) < 4.78 is 31.2. The third-order valence-electron chi connectivity index (χ3n) is 3.34. The number of rotatable bonds is 8. The molecule has 1 atom stereocenters. The van der Waals surface area contributed by atoms with Gasteiger partial charge < -0.3 is 15.2 Å². The Labute approximate surface area is 139 Å². The van der Waals surface area contributed by atoms with Gasteiger partial charge in [0.15, 0.2) is 0 Å². The van der Waals surface area contributed by atoms with Crippen LogP contribution in [-0.4, -0.2) is 24.2 Å². The van der Waals surface area contributed by atoms with Gasteiger partial charge in [0.1, 0.15) is 17.4 Å². The second-order valence-electron chi connectivity index (χ2n) is 5.28. The monoisotopic (exact) mass is 335 g/mol. The first-order valence-electron chi connectivity index (χ1n) is 7.63. The highest BCUT2D eigenvalue weighted by Crippen LogP contribution is 2.17. The minimum absolute atomic E-state index is 0.137. The van der Waals surface area contributed by atoms with Crippen LogP contribution in [0.2, 0.25) is 0 Å². The number of carbonyl (C=O) groups is 1. The number of amides is 1. The fraction of sp³-hybridized carbons (Fsp3) is 0.278. The van der Waals surface area contributed by atoms with Crippen molar-refractivity contribution in [3.05, 3.63) is 65.7 Å². The third kappa shape index (κ3) is 5.96. The Kier molecular flexibility index (Phi) is 6.69. The lowest BCUT2D eigenvalue weighted by Crippen LogP contribution is -2.27. The van der Waals surface area contributed by atoms with Crippen LogP contribution < -0.4 is 10.1 Å². The molecule has 0 bridgehead atoms. The summed E-state index contributed by atoms with van der Waals surface area (Å²) in [6, 6.07) is 11.2. The number of aliphatic hydroxyl groups excluding tert-OH is 1. The van der Waals surface area contributed by atoms with Gasteiger partial charge >= 0.3 is 0 Å². The van der Waals surface area contributed by atoms with Crippen molar-refractivity contribution < 1.29 is 23.4 Å². The highest BCUT2D eigenvalue weighted by molar-refractivity contribution is 5.76. The van der Waals surface area contributed by atoms with Gasteiger partial charge in [-0.05, 0) is 48.4 Å². The zero-order valence-corrected chi connectivity index (χ0v) is 13.0. The van der Waals surface area contributed by atoms with Crippen molar-refractivity contribution in [2.75, 3.05) is 13.2 Å². The standard InChI is InChI=1S/C18H19F2NO3/c19-14-5-7-16(8-6-14)24-10-2-9-21-18(23)12-17(22)13-3-1-4-15(20)11-13/h1,3-8,11,17,22H,2,9-10,12H2,(H,21,23). The van der Waals surface area contributed by atoms with E-state index < -0.39 is 11.9 Å². The molecule has 0 saturated heterocycles. The van der Waals surface area contributed by atoms with Crippen LogP contribution >= 0.6 is 0 Å². The van der Waals surface area contributed by atoms with E-state index in [-0.39, 0.29) is 18.1 Å². The molecule has 0 aliphatic heterocycles. The number of aliphatic hydroxyl groups is 1. The summed E-state index contributed by atoms with van der Waals surface area (Å²) in [7, 11) is 0. The molecular weight excluding hydrogens is 316 g/mol. The summed E-state index contributed by atoms with van der Waals surface area (Å²) in [4.78, 5) is 11.7. The van der Waals surface area contributed by atoms with Crippen molar-refractivity contribution in [2.24, 2.45) is 0 Å². The van der Waals surface area contributed by atoms with Crippen molar-refractivity contribution in [1.82, 2.24) is 5.32 Å². The second kappa shape index (κ2) is 8.98. The van der Waals surface area contributed by atoms with Crippen molar-refractivity contribution in [3.8, 4) is 5.75 Å². The molecule has 0 radical (unpaired) electrons. The molecule has 2 aromatic carbocycles. The molecule has 4 nitrogen and oxygen atoms in total. The van der Waals surface area contributed by atoms with Crippen molar-refractivity contribution in [2.45, 2.75) is 18.9 Å². The number of benzene rings is 2. The molecule has 1 unspecified atom stereocenters. The minimum atomic E-state index is -1.05. The van der Waals surface area contributed by atoms with Crippen LogP contribution in [0.15, 0.2) is 48.5 Å². The summed E-state index contributed by atoms with van der Waals surface area (Å²) in [5, 5.41) is 12.6. The molecule has 0 aromatic heterocycles. The van der Waals surface area contributed by atoms with Crippen LogP contribution in [0.1, 0.15) is 24.5 Å². The average Bonchev–Trinajstić information content (AvgIpc) is 2.56. The number of hydrogen-bond acceptors (Lipinski definition) is 3. The van der Waals surface area contributed by atoms with Gasteiger partial charge in [0.05, 0.1) is 19.1 Å². The predicted octanol–water partition coefficient (Wildman–Crippen LogP) is 2.97. The van der Waals surface area contributed by atoms with E-state index in [2.05, 4.69) is 5.32 Å². The molecule has 2 rings (SSSR count). The van der Waals surface area contributed by atoms with Crippen LogP contribution in [0.3, 0.4) is 0 Å². The summed E-state index contributed by atoms with van der Waals surface area (Å²) in [5.41, 5.74) is 0.366. The number of ether oxygens (including phenoxy) is 1. The van der Waals surface area contributed by atoms with E-state index in [4.69, 9.17) is 4.74 Å². The number of carbonyl (C=O) groups excluding carboxylic acids is 1. The van der Waals surface area contributed by atoms with E-state index in [1.807, 2.05) is 0 Å². The second-order valence-corrected chi connectivity index (χ2v) is 5.28. The largest absolute Gasteiger partial charge is 0.494 e. The van der Waals surface area contributed by atoms with Crippen molar-refractivity contribution in [3.63, 3.8) is 0 Å². The number of hydrogen-bond donors (Lipinski definition) is 2. The molecule has 1 amide bonds. The van der Waals surface area contributed by atoms with Crippen LogP contribution in [0.5, 0.6) is 5.75 Å². The molecular formula is C18H19F2NO3. The molecule has 0 spiro atoms. The molecule has 2 aromatic rings. The van der Waals surface area contributed by atoms with E-state index in [0.717, 1.165) is 0 Å². The lowest BCUT2D eigenvalue weighted by atomic mass is 10.1. The first-order valence-corrected chi connectivity index (χ1v) is 7.63. The Hall–Kier alpha value is -2.47. The molecule has 0 heterocycles. The van der Waals surface area contributed by atoms with Gasteiger partial charge in [-0.25, -0.2) is 8.78 Å². The lowest BCUT2D eigenvalue weighted by molar-refractivity contribution is -0.123. The Balaban J connectivity index is 1.63. The van der Waals surface area contributed by atoms with Gasteiger partial charge in [-0.15, -0.1) is 0 Å². The molecule has 24 heavy (non-hydrogen) atoms. The predicted molar refractivity (Wildman–Crippen MR) is 85.5 cm³/mol. The maximum absolute atomic E-state index is 13.1. The zero-order chi connectivity index (χ0) is 17.4. The van der Waals surface area contributed by atoms with Crippen molar-refractivity contribution in [1.29, 1.82) is 0 Å². The zero-order valence-electron chi connectivity index (χ0n) is 13.0. The Morgan fingerprint density at radius 2 is 1.88 bits per heavy atom. The summed E-state index contributed by atoms with van der Waals surface area (Å²) >= 11 is 0. The molecule has 0 aliphatic rings. The SMILES string of the molecule is O=C(CC(O)c1cccc(F)c1)NCCCOc1ccc(F)cc1. The molecule has 0 saturated carbocycles. The van der Waals surface area contributed by atoms with Crippen LogP contribution in [0.4, 0.5) is 8.78 Å². The summed E-state index contributed by atoms with van der Waals surface area (Å²) in [6.07, 6.45) is -0.613. The lowest BCUT2D eigenvalue weighted by Gasteiger charge is -2.11. The fourth-order valence-corrected chi connectivity index (χ4v) is 2.10. The number of nitrogens with one attached hydrogen (secondary N) is 1.